The van der Waals surface area contributed by atoms with Crippen LogP contribution in [0.1, 0.15) is 17.5 Å². The molecule has 2 rings (SSSR count). The Kier molecular flexibility index (Phi) is 5.27. The second kappa shape index (κ2) is 7.17. The molecular formula is C15H17FN2O2S. The average Bonchev–Trinajstić information content (AvgIpc) is 2.81. The molecule has 1 N–H and O–H groups in total. The number of rotatable bonds is 5. The lowest BCUT2D eigenvalue weighted by molar-refractivity contribution is 0.152. The Morgan fingerprint density at radius 3 is 3.00 bits per heavy atom. The smallest absolute Gasteiger partial charge is 0.407 e. The number of carbonyl (C=O) groups excluding carboxylic acids is 1. The fourth-order valence-electron chi connectivity index (χ4n) is 1.87. The van der Waals surface area contributed by atoms with Crippen molar-refractivity contribution in [2.24, 2.45) is 0 Å². The Hall–Kier alpha value is -1.95. The molecule has 112 valence electrons. The Morgan fingerprint density at radius 2 is 2.29 bits per heavy atom. The first-order chi connectivity index (χ1) is 10.1. The maximum Gasteiger partial charge on any atom is 0.407 e. The molecule has 6 heteroatoms. The summed E-state index contributed by atoms with van der Waals surface area (Å²) in [6.07, 6.45) is 0.266. The van der Waals surface area contributed by atoms with E-state index in [1.807, 2.05) is 13.0 Å². The van der Waals surface area contributed by atoms with Crippen molar-refractivity contribution in [3.8, 4) is 10.6 Å². The monoisotopic (exact) mass is 308 g/mol. The van der Waals surface area contributed by atoms with Crippen molar-refractivity contribution in [3.63, 3.8) is 0 Å². The maximum absolute atomic E-state index is 13.2. The summed E-state index contributed by atoms with van der Waals surface area (Å²) in [5.74, 6) is -0.272. The van der Waals surface area contributed by atoms with Crippen LogP contribution in [0.25, 0.3) is 10.6 Å². The lowest BCUT2D eigenvalue weighted by Gasteiger charge is -2.03. The summed E-state index contributed by atoms with van der Waals surface area (Å²) in [4.78, 5) is 16.7. The Morgan fingerprint density at radius 1 is 1.48 bits per heavy atom. The predicted molar refractivity (Wildman–Crippen MR) is 81.0 cm³/mol. The SMILES string of the molecule is CCOC(=O)NCCc1sc(-c2cccc(F)c2)nc1C. The minimum absolute atomic E-state index is 0.272. The van der Waals surface area contributed by atoms with Crippen LogP contribution in [0, 0.1) is 12.7 Å². The number of nitrogens with one attached hydrogen (secondary N) is 1. The Labute approximate surface area is 127 Å². The summed E-state index contributed by atoms with van der Waals surface area (Å²) in [5, 5.41) is 3.47. The maximum atomic E-state index is 13.2. The van der Waals surface area contributed by atoms with Crippen molar-refractivity contribution >= 4 is 17.4 Å². The van der Waals surface area contributed by atoms with Crippen molar-refractivity contribution in [3.05, 3.63) is 40.7 Å². The minimum Gasteiger partial charge on any atom is -0.450 e. The number of thiazole rings is 1. The van der Waals surface area contributed by atoms with Gasteiger partial charge in [-0.1, -0.05) is 12.1 Å². The van der Waals surface area contributed by atoms with Crippen molar-refractivity contribution in [2.45, 2.75) is 20.3 Å². The molecule has 0 atom stereocenters. The molecule has 1 aromatic carbocycles. The number of aryl methyl sites for hydroxylation is 1. The van der Waals surface area contributed by atoms with Crippen molar-refractivity contribution < 1.29 is 13.9 Å². The summed E-state index contributed by atoms with van der Waals surface area (Å²) >= 11 is 1.52. The number of hydrogen-bond donors (Lipinski definition) is 1. The van der Waals surface area contributed by atoms with Crippen molar-refractivity contribution in [1.82, 2.24) is 10.3 Å². The molecule has 1 heterocycles. The number of benzene rings is 1. The summed E-state index contributed by atoms with van der Waals surface area (Å²) in [7, 11) is 0. The lowest BCUT2D eigenvalue weighted by Crippen LogP contribution is -2.26. The highest BCUT2D eigenvalue weighted by atomic mass is 32.1. The van der Waals surface area contributed by atoms with E-state index in [1.165, 1.54) is 23.5 Å². The average molecular weight is 308 g/mol. The molecule has 0 saturated heterocycles. The van der Waals surface area contributed by atoms with Gasteiger partial charge in [0.15, 0.2) is 0 Å². The molecule has 0 saturated carbocycles. The molecule has 0 radical (unpaired) electrons. The van der Waals surface area contributed by atoms with Gasteiger partial charge in [-0.15, -0.1) is 11.3 Å². The first-order valence-electron chi connectivity index (χ1n) is 6.73. The molecule has 4 nitrogen and oxygen atoms in total. The van der Waals surface area contributed by atoms with E-state index in [9.17, 15) is 9.18 Å². The molecule has 0 unspecified atom stereocenters. The van der Waals surface area contributed by atoms with Gasteiger partial charge in [-0.05, 0) is 26.0 Å². The van der Waals surface area contributed by atoms with Gasteiger partial charge in [-0.3, -0.25) is 0 Å². The van der Waals surface area contributed by atoms with Gasteiger partial charge in [0, 0.05) is 23.4 Å². The van der Waals surface area contributed by atoms with Gasteiger partial charge in [-0.2, -0.15) is 0 Å². The van der Waals surface area contributed by atoms with E-state index in [1.54, 1.807) is 13.0 Å². The largest absolute Gasteiger partial charge is 0.450 e. The summed E-state index contributed by atoms with van der Waals surface area (Å²) in [5.41, 5.74) is 1.68. The van der Waals surface area contributed by atoms with E-state index in [0.29, 0.717) is 19.6 Å². The van der Waals surface area contributed by atoms with Gasteiger partial charge < -0.3 is 10.1 Å². The van der Waals surface area contributed by atoms with Gasteiger partial charge in [0.1, 0.15) is 10.8 Å². The Bertz CT molecular complexity index is 628. The first-order valence-corrected chi connectivity index (χ1v) is 7.54. The van der Waals surface area contributed by atoms with Gasteiger partial charge in [0.25, 0.3) is 0 Å². The third kappa shape index (κ3) is 4.26. The summed E-state index contributed by atoms with van der Waals surface area (Å²) in [6.45, 7) is 4.52. The van der Waals surface area contributed by atoms with Gasteiger partial charge in [0.05, 0.1) is 12.3 Å². The zero-order valence-electron chi connectivity index (χ0n) is 12.0. The normalized spacial score (nSPS) is 10.4. The van der Waals surface area contributed by atoms with E-state index in [-0.39, 0.29) is 5.82 Å². The van der Waals surface area contributed by atoms with Crippen LogP contribution in [0.2, 0.25) is 0 Å². The zero-order valence-corrected chi connectivity index (χ0v) is 12.8. The van der Waals surface area contributed by atoms with E-state index >= 15 is 0 Å². The van der Waals surface area contributed by atoms with E-state index in [0.717, 1.165) is 21.1 Å². The predicted octanol–water partition coefficient (Wildman–Crippen LogP) is 3.55. The van der Waals surface area contributed by atoms with Crippen molar-refractivity contribution in [2.75, 3.05) is 13.2 Å². The lowest BCUT2D eigenvalue weighted by atomic mass is 10.2. The highest BCUT2D eigenvalue weighted by Crippen LogP contribution is 2.28. The number of halogens is 1. The molecule has 0 spiro atoms. The van der Waals surface area contributed by atoms with Crippen LogP contribution in [-0.2, 0) is 11.2 Å². The van der Waals surface area contributed by atoms with Crippen LogP contribution in [0.15, 0.2) is 24.3 Å². The number of ether oxygens (including phenoxy) is 1. The number of carbonyl (C=O) groups is 1. The summed E-state index contributed by atoms with van der Waals surface area (Å²) < 4.78 is 18.0. The standard InChI is InChI=1S/C15H17FN2O2S/c1-3-20-15(19)17-8-7-13-10(2)18-14(21-13)11-5-4-6-12(16)9-11/h4-6,9H,3,7-8H2,1-2H3,(H,17,19). The van der Waals surface area contributed by atoms with Crippen LogP contribution >= 0.6 is 11.3 Å². The molecule has 0 aliphatic heterocycles. The quantitative estimate of drug-likeness (QED) is 0.919. The molecule has 0 fully saturated rings. The highest BCUT2D eigenvalue weighted by Gasteiger charge is 2.10. The van der Waals surface area contributed by atoms with Gasteiger partial charge in [0.2, 0.25) is 0 Å². The third-order valence-corrected chi connectivity index (χ3v) is 4.13. The number of hydrogen-bond acceptors (Lipinski definition) is 4. The van der Waals surface area contributed by atoms with Gasteiger partial charge in [-0.25, -0.2) is 14.2 Å². The highest BCUT2D eigenvalue weighted by molar-refractivity contribution is 7.15. The fourth-order valence-corrected chi connectivity index (χ4v) is 2.92. The van der Waals surface area contributed by atoms with Gasteiger partial charge >= 0.3 is 6.09 Å². The second-order valence-electron chi connectivity index (χ2n) is 4.44. The van der Waals surface area contributed by atoms with Crippen molar-refractivity contribution in [1.29, 1.82) is 0 Å². The Balaban J connectivity index is 2.01. The topological polar surface area (TPSA) is 51.2 Å². The molecule has 1 amide bonds. The molecular weight excluding hydrogens is 291 g/mol. The van der Waals surface area contributed by atoms with Crippen LogP contribution in [0.4, 0.5) is 9.18 Å². The first kappa shape index (κ1) is 15.4. The minimum atomic E-state index is -0.412. The summed E-state index contributed by atoms with van der Waals surface area (Å²) in [6, 6.07) is 6.39. The second-order valence-corrected chi connectivity index (χ2v) is 5.52. The molecule has 21 heavy (non-hydrogen) atoms. The van der Waals surface area contributed by atoms with E-state index < -0.39 is 6.09 Å². The zero-order chi connectivity index (χ0) is 15.2. The fraction of sp³-hybridized carbons (Fsp3) is 0.333. The molecule has 2 aromatic rings. The number of alkyl carbamates (subject to hydrolysis) is 1. The molecule has 1 aromatic heterocycles. The van der Waals surface area contributed by atoms with Crippen LogP contribution in [0.3, 0.4) is 0 Å². The molecule has 0 bridgehead atoms. The number of nitrogens with zero attached hydrogens (tertiary/aromatic N) is 1. The molecule has 0 aliphatic carbocycles. The third-order valence-electron chi connectivity index (χ3n) is 2.86. The number of amides is 1. The van der Waals surface area contributed by atoms with Crippen LogP contribution in [-0.4, -0.2) is 24.2 Å². The van der Waals surface area contributed by atoms with Crippen LogP contribution in [0.5, 0.6) is 0 Å². The molecule has 0 aliphatic rings. The number of aromatic nitrogens is 1. The van der Waals surface area contributed by atoms with E-state index in [2.05, 4.69) is 10.3 Å². The van der Waals surface area contributed by atoms with E-state index in [4.69, 9.17) is 4.74 Å². The van der Waals surface area contributed by atoms with Crippen LogP contribution < -0.4 is 5.32 Å².